The smallest absolute Gasteiger partial charge is 0.259 e. The Morgan fingerprint density at radius 2 is 2.30 bits per heavy atom. The van der Waals surface area contributed by atoms with E-state index in [9.17, 15) is 14.7 Å². The molecule has 2 amide bonds. The van der Waals surface area contributed by atoms with E-state index < -0.39 is 24.5 Å². The lowest BCUT2D eigenvalue weighted by Gasteiger charge is -2.10. The van der Waals surface area contributed by atoms with Crippen LogP contribution in [-0.2, 0) is 9.59 Å². The average molecular weight is 315 g/mol. The number of hydrogen-bond donors (Lipinski definition) is 5. The first-order chi connectivity index (χ1) is 11.0. The van der Waals surface area contributed by atoms with Crippen molar-refractivity contribution in [1.29, 1.82) is 5.26 Å². The summed E-state index contributed by atoms with van der Waals surface area (Å²) in [4.78, 5) is 29.8. The number of pyridine rings is 1. The molecule has 6 N–H and O–H groups in total. The number of primary amides is 1. The minimum absolute atomic E-state index is 0.262. The fraction of sp³-hybridized carbons (Fsp3) is 0.143. The van der Waals surface area contributed by atoms with E-state index in [0.29, 0.717) is 22.3 Å². The number of fused-ring (bicyclic) bond motifs is 1. The van der Waals surface area contributed by atoms with E-state index in [4.69, 9.17) is 16.1 Å². The Hall–Kier alpha value is -3.22. The highest BCUT2D eigenvalue weighted by molar-refractivity contribution is 6.07. The summed E-state index contributed by atoms with van der Waals surface area (Å²) in [6.07, 6.45) is 2.61. The highest BCUT2D eigenvalue weighted by Crippen LogP contribution is 2.27. The fourth-order valence-corrected chi connectivity index (χ4v) is 1.91. The predicted molar refractivity (Wildman–Crippen MR) is 80.6 cm³/mol. The van der Waals surface area contributed by atoms with Crippen molar-refractivity contribution in [2.24, 2.45) is 5.73 Å². The predicted octanol–water partition coefficient (Wildman–Crippen LogP) is -0.753. The number of anilines is 1. The number of nitrogens with two attached hydrogens (primary N) is 1. The number of carbonyl (C=O) groups excluding carboxylic acids is 2. The van der Waals surface area contributed by atoms with Crippen LogP contribution in [0.1, 0.15) is 5.56 Å². The summed E-state index contributed by atoms with van der Waals surface area (Å²) < 4.78 is 0. The Kier molecular flexibility index (Phi) is 4.70. The van der Waals surface area contributed by atoms with E-state index in [0.717, 1.165) is 0 Å². The third-order valence-electron chi connectivity index (χ3n) is 3.02. The van der Waals surface area contributed by atoms with Crippen LogP contribution >= 0.6 is 0 Å². The second-order valence-corrected chi connectivity index (χ2v) is 4.55. The number of nitrogens with one attached hydrogen (secondary N) is 2. The number of aromatic nitrogens is 2. The molecular weight excluding hydrogens is 302 g/mol. The van der Waals surface area contributed by atoms with Gasteiger partial charge in [-0.1, -0.05) is 0 Å². The van der Waals surface area contributed by atoms with Crippen molar-refractivity contribution >= 4 is 34.6 Å². The number of nitrogens with zero attached hydrogens (tertiary/aromatic N) is 2. The standard InChI is InChI=1S/C14H13N5O4/c15-4-7(12(16)22)3-8-5-18-13-11(8)9(1-2-17-13)19-14(23)10(21)6-20/h1-3,5,10,20-21H,6H2,(H2,16,22)(H2,17,18,19,23)/b7-3-. The van der Waals surface area contributed by atoms with Crippen molar-refractivity contribution in [2.75, 3.05) is 11.9 Å². The van der Waals surface area contributed by atoms with Crippen LogP contribution in [0.25, 0.3) is 17.1 Å². The molecule has 0 spiro atoms. The zero-order chi connectivity index (χ0) is 17.0. The summed E-state index contributed by atoms with van der Waals surface area (Å²) >= 11 is 0. The lowest BCUT2D eigenvalue weighted by molar-refractivity contribution is -0.125. The maximum absolute atomic E-state index is 11.7. The molecule has 0 aromatic carbocycles. The van der Waals surface area contributed by atoms with Gasteiger partial charge < -0.3 is 26.2 Å². The Balaban J connectivity index is 2.52. The number of hydrogen-bond acceptors (Lipinski definition) is 6. The zero-order valence-electron chi connectivity index (χ0n) is 11.8. The van der Waals surface area contributed by atoms with E-state index in [2.05, 4.69) is 15.3 Å². The molecule has 1 atom stereocenters. The van der Waals surface area contributed by atoms with Crippen LogP contribution in [0, 0.1) is 11.3 Å². The van der Waals surface area contributed by atoms with Crippen LogP contribution in [0.3, 0.4) is 0 Å². The summed E-state index contributed by atoms with van der Waals surface area (Å²) in [7, 11) is 0. The molecule has 23 heavy (non-hydrogen) atoms. The number of H-pyrrole nitrogens is 1. The van der Waals surface area contributed by atoms with Gasteiger partial charge in [0.1, 0.15) is 17.3 Å². The summed E-state index contributed by atoms with van der Waals surface area (Å²) in [5, 5.41) is 29.9. The Morgan fingerprint density at radius 3 is 2.91 bits per heavy atom. The summed E-state index contributed by atoms with van der Waals surface area (Å²) in [6.45, 7) is -0.722. The van der Waals surface area contributed by atoms with Gasteiger partial charge in [0.2, 0.25) is 0 Å². The largest absolute Gasteiger partial charge is 0.393 e. The third-order valence-corrected chi connectivity index (χ3v) is 3.02. The first kappa shape index (κ1) is 16.2. The van der Waals surface area contributed by atoms with Gasteiger partial charge in [0, 0.05) is 23.3 Å². The Bertz CT molecular complexity index is 833. The van der Waals surface area contributed by atoms with Crippen molar-refractivity contribution in [2.45, 2.75) is 6.10 Å². The van der Waals surface area contributed by atoms with Crippen molar-refractivity contribution < 1.29 is 19.8 Å². The van der Waals surface area contributed by atoms with Crippen LogP contribution in [0.2, 0.25) is 0 Å². The topological polar surface area (TPSA) is 165 Å². The summed E-state index contributed by atoms with van der Waals surface area (Å²) in [6, 6.07) is 3.16. The quantitative estimate of drug-likeness (QED) is 0.359. The molecule has 0 bridgehead atoms. The molecule has 0 fully saturated rings. The molecule has 1 unspecified atom stereocenters. The minimum Gasteiger partial charge on any atom is -0.393 e. The molecule has 118 valence electrons. The van der Waals surface area contributed by atoms with E-state index >= 15 is 0 Å². The van der Waals surface area contributed by atoms with E-state index in [1.54, 1.807) is 6.07 Å². The van der Waals surface area contributed by atoms with Crippen LogP contribution < -0.4 is 11.1 Å². The number of aliphatic hydroxyl groups excluding tert-OH is 2. The highest BCUT2D eigenvalue weighted by atomic mass is 16.3. The lowest BCUT2D eigenvalue weighted by Crippen LogP contribution is -2.30. The first-order valence-corrected chi connectivity index (χ1v) is 6.45. The average Bonchev–Trinajstić information content (AvgIpc) is 2.95. The zero-order valence-corrected chi connectivity index (χ0v) is 11.8. The third kappa shape index (κ3) is 3.34. The molecule has 2 heterocycles. The molecule has 2 rings (SSSR count). The van der Waals surface area contributed by atoms with Crippen molar-refractivity contribution in [1.82, 2.24) is 9.97 Å². The molecule has 9 nitrogen and oxygen atoms in total. The molecule has 0 saturated carbocycles. The minimum atomic E-state index is -1.57. The molecule has 0 radical (unpaired) electrons. The number of nitriles is 1. The van der Waals surface area contributed by atoms with Crippen LogP contribution in [0.4, 0.5) is 5.69 Å². The number of carbonyl (C=O) groups is 2. The van der Waals surface area contributed by atoms with Crippen molar-refractivity contribution in [3.05, 3.63) is 29.6 Å². The number of aliphatic hydroxyl groups is 2. The maximum atomic E-state index is 11.7. The van der Waals surface area contributed by atoms with Crippen molar-refractivity contribution in [3.63, 3.8) is 0 Å². The fourth-order valence-electron chi connectivity index (χ4n) is 1.91. The molecule has 9 heteroatoms. The Morgan fingerprint density at radius 1 is 1.57 bits per heavy atom. The van der Waals surface area contributed by atoms with Crippen molar-refractivity contribution in [3.8, 4) is 6.07 Å². The maximum Gasteiger partial charge on any atom is 0.259 e. The molecule has 0 aliphatic heterocycles. The molecule has 2 aromatic rings. The number of amides is 2. The van der Waals surface area contributed by atoms with Crippen LogP contribution in [-0.4, -0.2) is 44.7 Å². The lowest BCUT2D eigenvalue weighted by atomic mass is 10.1. The Labute approximate surface area is 130 Å². The van der Waals surface area contributed by atoms with E-state index in [1.807, 2.05) is 0 Å². The van der Waals surface area contributed by atoms with Crippen LogP contribution in [0.15, 0.2) is 24.0 Å². The summed E-state index contributed by atoms with van der Waals surface area (Å²) in [5.41, 5.74) is 5.94. The van der Waals surface area contributed by atoms with E-state index in [-0.39, 0.29) is 5.57 Å². The monoisotopic (exact) mass is 315 g/mol. The van der Waals surface area contributed by atoms with Gasteiger partial charge in [0.25, 0.3) is 11.8 Å². The van der Waals surface area contributed by atoms with Crippen LogP contribution in [0.5, 0.6) is 0 Å². The van der Waals surface area contributed by atoms with E-state index in [1.165, 1.54) is 24.5 Å². The molecule has 0 aliphatic rings. The van der Waals surface area contributed by atoms with Gasteiger partial charge in [-0.15, -0.1) is 0 Å². The molecule has 2 aromatic heterocycles. The number of aromatic amines is 1. The van der Waals surface area contributed by atoms with Gasteiger partial charge in [-0.25, -0.2) is 4.98 Å². The second kappa shape index (κ2) is 6.69. The summed E-state index contributed by atoms with van der Waals surface area (Å²) in [5.74, 6) is -1.68. The van der Waals surface area contributed by atoms with Gasteiger partial charge >= 0.3 is 0 Å². The van der Waals surface area contributed by atoms with Gasteiger partial charge in [-0.05, 0) is 12.1 Å². The van der Waals surface area contributed by atoms with Gasteiger partial charge in [-0.3, -0.25) is 9.59 Å². The molecule has 0 aliphatic carbocycles. The first-order valence-electron chi connectivity index (χ1n) is 6.45. The molecule has 0 saturated heterocycles. The number of rotatable bonds is 5. The van der Waals surface area contributed by atoms with Gasteiger partial charge in [0.05, 0.1) is 12.3 Å². The van der Waals surface area contributed by atoms with Gasteiger partial charge in [-0.2, -0.15) is 5.26 Å². The molecular formula is C14H13N5O4. The highest BCUT2D eigenvalue weighted by Gasteiger charge is 2.17. The SMILES string of the molecule is N#C/C(=C/c1c[nH]c2nccc(NC(=O)C(O)CO)c12)C(N)=O. The normalized spacial score (nSPS) is 12.7. The second-order valence-electron chi connectivity index (χ2n) is 4.55. The van der Waals surface area contributed by atoms with Gasteiger partial charge in [0.15, 0.2) is 6.10 Å².